The van der Waals surface area contributed by atoms with E-state index in [9.17, 15) is 23.1 Å². The molecule has 4 nitrogen and oxygen atoms in total. The maximum absolute atomic E-state index is 13.4. The molecule has 0 fully saturated rings. The molecule has 1 amide bonds. The summed E-state index contributed by atoms with van der Waals surface area (Å²) in [7, 11) is 0. The van der Waals surface area contributed by atoms with Gasteiger partial charge < -0.3 is 14.8 Å². The zero-order chi connectivity index (χ0) is 24.5. The van der Waals surface area contributed by atoms with Crippen LogP contribution in [0.2, 0.25) is 10.0 Å². The number of anilines is 1. The van der Waals surface area contributed by atoms with Gasteiger partial charge in [-0.3, -0.25) is 4.79 Å². The van der Waals surface area contributed by atoms with Crippen molar-refractivity contribution in [3.63, 3.8) is 0 Å². The molecular formula is C25H16Cl2F3NO3. The van der Waals surface area contributed by atoms with Crippen molar-refractivity contribution >= 4 is 34.8 Å². The number of hydrogen-bond acceptors (Lipinski definition) is 3. The summed E-state index contributed by atoms with van der Waals surface area (Å²) in [4.78, 5) is 12.8. The molecule has 0 aliphatic carbocycles. The molecule has 2 N–H and O–H groups in total. The number of benzene rings is 3. The number of alkyl halides is 3. The van der Waals surface area contributed by atoms with E-state index in [0.717, 1.165) is 18.2 Å². The predicted octanol–water partition coefficient (Wildman–Crippen LogP) is 7.61. The molecule has 3 aromatic carbocycles. The van der Waals surface area contributed by atoms with Crippen LogP contribution in [0.4, 0.5) is 18.9 Å². The first-order valence-corrected chi connectivity index (χ1v) is 10.7. The molecule has 1 aromatic heterocycles. The van der Waals surface area contributed by atoms with Crippen molar-refractivity contribution in [2.75, 3.05) is 5.32 Å². The molecule has 1 heterocycles. The van der Waals surface area contributed by atoms with E-state index in [1.165, 1.54) is 30.3 Å². The molecule has 0 unspecified atom stereocenters. The van der Waals surface area contributed by atoms with Gasteiger partial charge in [0.05, 0.1) is 5.56 Å². The van der Waals surface area contributed by atoms with Crippen molar-refractivity contribution in [2.45, 2.75) is 12.3 Å². The van der Waals surface area contributed by atoms with E-state index in [4.69, 9.17) is 27.6 Å². The van der Waals surface area contributed by atoms with Crippen molar-refractivity contribution < 1.29 is 27.5 Å². The molecule has 0 aliphatic rings. The van der Waals surface area contributed by atoms with Gasteiger partial charge in [-0.15, -0.1) is 0 Å². The Hall–Kier alpha value is -3.26. The first-order valence-electron chi connectivity index (χ1n) is 9.94. The largest absolute Gasteiger partial charge is 0.451 e. The maximum atomic E-state index is 13.4. The number of aliphatic hydroxyl groups excluding tert-OH is 1. The van der Waals surface area contributed by atoms with Gasteiger partial charge in [0.15, 0.2) is 5.76 Å². The number of amides is 1. The fraction of sp³-hybridized carbons (Fsp3) is 0.0800. The molecule has 0 saturated carbocycles. The lowest BCUT2D eigenvalue weighted by molar-refractivity contribution is -0.137. The molecule has 4 aromatic rings. The first kappa shape index (κ1) is 23.9. The Morgan fingerprint density at radius 3 is 2.29 bits per heavy atom. The Bertz CT molecular complexity index is 1340. The van der Waals surface area contributed by atoms with Gasteiger partial charge in [-0.1, -0.05) is 53.5 Å². The van der Waals surface area contributed by atoms with E-state index in [2.05, 4.69) is 5.32 Å². The average molecular weight is 506 g/mol. The fourth-order valence-electron chi connectivity index (χ4n) is 3.44. The maximum Gasteiger partial charge on any atom is 0.417 e. The molecule has 0 aliphatic heterocycles. The van der Waals surface area contributed by atoms with Gasteiger partial charge in [0.25, 0.3) is 5.91 Å². The molecule has 0 spiro atoms. The van der Waals surface area contributed by atoms with Crippen LogP contribution in [-0.4, -0.2) is 11.0 Å². The second-order valence-electron chi connectivity index (χ2n) is 7.35. The van der Waals surface area contributed by atoms with Gasteiger partial charge in [-0.25, -0.2) is 0 Å². The van der Waals surface area contributed by atoms with Crippen LogP contribution < -0.4 is 5.32 Å². The Morgan fingerprint density at radius 2 is 1.59 bits per heavy atom. The summed E-state index contributed by atoms with van der Waals surface area (Å²) >= 11 is 12.0. The Balaban J connectivity index is 1.64. The van der Waals surface area contributed by atoms with E-state index < -0.39 is 23.8 Å². The molecule has 34 heavy (non-hydrogen) atoms. The van der Waals surface area contributed by atoms with Crippen LogP contribution in [0.1, 0.15) is 33.3 Å². The van der Waals surface area contributed by atoms with Gasteiger partial charge in [-0.2, -0.15) is 13.2 Å². The van der Waals surface area contributed by atoms with Crippen molar-refractivity contribution in [3.05, 3.63) is 111 Å². The van der Waals surface area contributed by atoms with Crippen LogP contribution in [0.15, 0.2) is 83.3 Å². The number of halogens is 5. The summed E-state index contributed by atoms with van der Waals surface area (Å²) in [6.07, 6.45) is -5.72. The number of carbonyl (C=O) groups excluding carboxylic acids is 1. The van der Waals surface area contributed by atoms with Crippen molar-refractivity contribution in [1.29, 1.82) is 0 Å². The molecule has 0 radical (unpaired) electrons. The Kier molecular flexibility index (Phi) is 6.70. The van der Waals surface area contributed by atoms with Crippen LogP contribution in [0, 0.1) is 0 Å². The van der Waals surface area contributed by atoms with E-state index in [1.807, 2.05) is 0 Å². The number of carbonyl (C=O) groups is 1. The summed E-state index contributed by atoms with van der Waals surface area (Å²) < 4.78 is 45.7. The number of rotatable bonds is 5. The zero-order valence-electron chi connectivity index (χ0n) is 17.2. The second-order valence-corrected chi connectivity index (χ2v) is 8.22. The molecule has 4 rings (SSSR count). The van der Waals surface area contributed by atoms with E-state index in [-0.39, 0.29) is 27.8 Å². The minimum atomic E-state index is -4.64. The molecule has 9 heteroatoms. The fourth-order valence-corrected chi connectivity index (χ4v) is 3.80. The van der Waals surface area contributed by atoms with Gasteiger partial charge in [0.2, 0.25) is 0 Å². The quantitative estimate of drug-likeness (QED) is 0.293. The second kappa shape index (κ2) is 9.54. The van der Waals surface area contributed by atoms with Gasteiger partial charge >= 0.3 is 6.18 Å². The number of aliphatic hydroxyl groups is 1. The lowest BCUT2D eigenvalue weighted by atomic mass is 10.00. The average Bonchev–Trinajstić information content (AvgIpc) is 3.30. The normalized spacial score (nSPS) is 12.4. The van der Waals surface area contributed by atoms with Crippen LogP contribution in [0.5, 0.6) is 0 Å². The van der Waals surface area contributed by atoms with Gasteiger partial charge in [0.1, 0.15) is 11.9 Å². The summed E-state index contributed by atoms with van der Waals surface area (Å²) in [6, 6.07) is 19.0. The molecular weight excluding hydrogens is 490 g/mol. The summed E-state index contributed by atoms with van der Waals surface area (Å²) in [5.41, 5.74) is -0.0356. The molecule has 1 atom stereocenters. The highest BCUT2D eigenvalue weighted by Gasteiger charge is 2.34. The molecule has 0 bridgehead atoms. The number of hydrogen-bond donors (Lipinski definition) is 2. The molecule has 174 valence electrons. The van der Waals surface area contributed by atoms with Crippen molar-refractivity contribution in [1.82, 2.24) is 0 Å². The lowest BCUT2D eigenvalue weighted by Gasteiger charge is -2.17. The SMILES string of the molecule is O=C(Nc1ccc(Cl)cc1[C@@H](O)c1ccccc1)c1ccc(-c2cc(Cl)ccc2C(F)(F)F)o1. The van der Waals surface area contributed by atoms with Gasteiger partial charge in [-0.05, 0) is 54.1 Å². The van der Waals surface area contributed by atoms with Gasteiger partial charge in [0, 0.05) is 26.9 Å². The summed E-state index contributed by atoms with van der Waals surface area (Å²) in [6.45, 7) is 0. The third-order valence-electron chi connectivity index (χ3n) is 5.05. The minimum absolute atomic E-state index is 0.0890. The monoisotopic (exact) mass is 505 g/mol. The molecule has 0 saturated heterocycles. The first-order chi connectivity index (χ1) is 16.1. The highest BCUT2D eigenvalue weighted by Crippen LogP contribution is 2.39. The summed E-state index contributed by atoms with van der Waals surface area (Å²) in [5.74, 6) is -1.11. The standard InChI is InChI=1S/C25H16Cl2F3NO3/c26-15-6-8-19(25(28,29)30)17(12-15)21-10-11-22(34-21)24(33)31-20-9-7-16(27)13-18(20)23(32)14-4-2-1-3-5-14/h1-13,23,32H,(H,31,33)/t23-/m0/s1. The van der Waals surface area contributed by atoms with E-state index in [0.29, 0.717) is 16.1 Å². The van der Waals surface area contributed by atoms with Crippen molar-refractivity contribution in [3.8, 4) is 11.3 Å². The van der Waals surface area contributed by atoms with Crippen LogP contribution in [-0.2, 0) is 6.18 Å². The van der Waals surface area contributed by atoms with Crippen LogP contribution >= 0.6 is 23.2 Å². The number of nitrogens with one attached hydrogen (secondary N) is 1. The predicted molar refractivity (Wildman–Crippen MR) is 124 cm³/mol. The zero-order valence-corrected chi connectivity index (χ0v) is 18.7. The topological polar surface area (TPSA) is 62.5 Å². The Morgan fingerprint density at radius 1 is 0.912 bits per heavy atom. The number of furan rings is 1. The smallest absolute Gasteiger partial charge is 0.417 e. The van der Waals surface area contributed by atoms with Crippen LogP contribution in [0.25, 0.3) is 11.3 Å². The van der Waals surface area contributed by atoms with E-state index >= 15 is 0 Å². The van der Waals surface area contributed by atoms with E-state index in [1.54, 1.807) is 30.3 Å². The highest BCUT2D eigenvalue weighted by atomic mass is 35.5. The lowest BCUT2D eigenvalue weighted by Crippen LogP contribution is -2.14. The minimum Gasteiger partial charge on any atom is -0.451 e. The third kappa shape index (κ3) is 5.12. The highest BCUT2D eigenvalue weighted by molar-refractivity contribution is 6.31. The summed E-state index contributed by atoms with van der Waals surface area (Å²) in [5, 5.41) is 13.9. The van der Waals surface area contributed by atoms with Crippen molar-refractivity contribution in [2.24, 2.45) is 0 Å². The Labute approximate surface area is 202 Å². The van der Waals surface area contributed by atoms with Crippen LogP contribution in [0.3, 0.4) is 0 Å². The third-order valence-corrected chi connectivity index (χ3v) is 5.52.